The van der Waals surface area contributed by atoms with Crippen molar-refractivity contribution in [3.05, 3.63) is 28.2 Å². The highest BCUT2D eigenvalue weighted by molar-refractivity contribution is 9.10. The van der Waals surface area contributed by atoms with Crippen LogP contribution in [0.5, 0.6) is 0 Å². The molecule has 0 aliphatic carbocycles. The maximum absolute atomic E-state index is 5.90. The molecule has 0 radical (unpaired) electrons. The van der Waals surface area contributed by atoms with Crippen LogP contribution in [0, 0.1) is 0 Å². The van der Waals surface area contributed by atoms with Crippen molar-refractivity contribution in [1.29, 1.82) is 0 Å². The van der Waals surface area contributed by atoms with Gasteiger partial charge in [0.05, 0.1) is 12.7 Å². The maximum Gasteiger partial charge on any atom is 0.0740 e. The molecule has 1 aromatic carbocycles. The molecule has 2 rings (SSSR count). The van der Waals surface area contributed by atoms with Gasteiger partial charge in [0.15, 0.2) is 0 Å². The normalized spacial score (nSPS) is 17.6. The predicted molar refractivity (Wildman–Crippen MR) is 67.2 cm³/mol. The SMILES string of the molecule is Nc1cc(Br)ccc1COC1CCOCC1. The minimum Gasteiger partial charge on any atom is -0.398 e. The summed E-state index contributed by atoms with van der Waals surface area (Å²) in [5, 5.41) is 0. The van der Waals surface area contributed by atoms with Crippen LogP contribution in [0.4, 0.5) is 5.69 Å². The largest absolute Gasteiger partial charge is 0.398 e. The molecule has 2 N–H and O–H groups in total. The molecular formula is C12H16BrNO2. The minimum absolute atomic E-state index is 0.316. The fourth-order valence-corrected chi connectivity index (χ4v) is 2.13. The number of benzene rings is 1. The standard InChI is InChI=1S/C12H16BrNO2/c13-10-2-1-9(12(14)7-10)8-16-11-3-5-15-6-4-11/h1-2,7,11H,3-6,8,14H2. The van der Waals surface area contributed by atoms with Crippen LogP contribution in [-0.4, -0.2) is 19.3 Å². The lowest BCUT2D eigenvalue weighted by Gasteiger charge is -2.22. The van der Waals surface area contributed by atoms with E-state index in [4.69, 9.17) is 15.2 Å². The Morgan fingerprint density at radius 2 is 2.12 bits per heavy atom. The first-order valence-electron chi connectivity index (χ1n) is 5.49. The summed E-state index contributed by atoms with van der Waals surface area (Å²) in [4.78, 5) is 0. The number of anilines is 1. The van der Waals surface area contributed by atoms with E-state index in [1.54, 1.807) is 0 Å². The average Bonchev–Trinajstić information content (AvgIpc) is 2.29. The molecule has 88 valence electrons. The Morgan fingerprint density at radius 1 is 1.38 bits per heavy atom. The van der Waals surface area contributed by atoms with Crippen molar-refractivity contribution in [3.63, 3.8) is 0 Å². The molecule has 0 unspecified atom stereocenters. The highest BCUT2D eigenvalue weighted by Gasteiger charge is 2.14. The molecule has 1 aliphatic heterocycles. The van der Waals surface area contributed by atoms with Crippen LogP contribution < -0.4 is 5.73 Å². The molecule has 0 aromatic heterocycles. The summed E-state index contributed by atoms with van der Waals surface area (Å²) < 4.78 is 12.1. The Kier molecular flexibility index (Phi) is 4.21. The van der Waals surface area contributed by atoms with Gasteiger partial charge in [0.1, 0.15) is 0 Å². The number of rotatable bonds is 3. The van der Waals surface area contributed by atoms with E-state index < -0.39 is 0 Å². The molecule has 1 saturated heterocycles. The van der Waals surface area contributed by atoms with Crippen molar-refractivity contribution in [3.8, 4) is 0 Å². The van der Waals surface area contributed by atoms with Crippen LogP contribution in [0.2, 0.25) is 0 Å². The van der Waals surface area contributed by atoms with Gasteiger partial charge in [-0.2, -0.15) is 0 Å². The van der Waals surface area contributed by atoms with Crippen molar-refractivity contribution >= 4 is 21.6 Å². The minimum atomic E-state index is 0.316. The molecule has 4 heteroatoms. The van der Waals surface area contributed by atoms with Gasteiger partial charge in [0.2, 0.25) is 0 Å². The number of hydrogen-bond donors (Lipinski definition) is 1. The van der Waals surface area contributed by atoms with Gasteiger partial charge in [-0.15, -0.1) is 0 Å². The summed E-state index contributed by atoms with van der Waals surface area (Å²) in [6.45, 7) is 2.20. The van der Waals surface area contributed by atoms with Crippen molar-refractivity contribution in [1.82, 2.24) is 0 Å². The quantitative estimate of drug-likeness (QED) is 0.869. The second-order valence-electron chi connectivity index (χ2n) is 3.97. The fraction of sp³-hybridized carbons (Fsp3) is 0.500. The Balaban J connectivity index is 1.88. The zero-order valence-electron chi connectivity index (χ0n) is 9.12. The number of nitrogen functional groups attached to an aromatic ring is 1. The van der Waals surface area contributed by atoms with E-state index in [1.807, 2.05) is 18.2 Å². The smallest absolute Gasteiger partial charge is 0.0740 e. The van der Waals surface area contributed by atoms with Crippen molar-refractivity contribution < 1.29 is 9.47 Å². The third-order valence-electron chi connectivity index (χ3n) is 2.75. The second-order valence-corrected chi connectivity index (χ2v) is 4.88. The van der Waals surface area contributed by atoms with E-state index in [0.717, 1.165) is 41.8 Å². The highest BCUT2D eigenvalue weighted by atomic mass is 79.9. The van der Waals surface area contributed by atoms with Crippen molar-refractivity contribution in [2.45, 2.75) is 25.6 Å². The Morgan fingerprint density at radius 3 is 2.81 bits per heavy atom. The average molecular weight is 286 g/mol. The first-order chi connectivity index (χ1) is 7.75. The number of ether oxygens (including phenoxy) is 2. The Bertz CT molecular complexity index is 351. The molecule has 1 aromatic rings. The van der Waals surface area contributed by atoms with Gasteiger partial charge < -0.3 is 15.2 Å². The van der Waals surface area contributed by atoms with E-state index in [1.165, 1.54) is 0 Å². The number of halogens is 1. The first kappa shape index (κ1) is 11.9. The topological polar surface area (TPSA) is 44.5 Å². The summed E-state index contributed by atoms with van der Waals surface area (Å²) in [5.74, 6) is 0. The van der Waals surface area contributed by atoms with Crippen LogP contribution in [0.25, 0.3) is 0 Å². The predicted octanol–water partition coefficient (Wildman–Crippen LogP) is 2.73. The van der Waals surface area contributed by atoms with Crippen molar-refractivity contribution in [2.24, 2.45) is 0 Å². The third kappa shape index (κ3) is 3.20. The van der Waals surface area contributed by atoms with Gasteiger partial charge in [0, 0.05) is 28.9 Å². The molecule has 1 heterocycles. The summed E-state index contributed by atoms with van der Waals surface area (Å²) >= 11 is 3.39. The van der Waals surface area contributed by atoms with Gasteiger partial charge in [0.25, 0.3) is 0 Å². The third-order valence-corrected chi connectivity index (χ3v) is 3.24. The summed E-state index contributed by atoms with van der Waals surface area (Å²) in [6.07, 6.45) is 2.28. The Hall–Kier alpha value is -0.580. The lowest BCUT2D eigenvalue weighted by atomic mass is 10.1. The molecule has 1 fully saturated rings. The van der Waals surface area contributed by atoms with Crippen LogP contribution in [0.15, 0.2) is 22.7 Å². The zero-order valence-corrected chi connectivity index (χ0v) is 10.7. The summed E-state index contributed by atoms with van der Waals surface area (Å²) in [6, 6.07) is 5.89. The molecule has 0 amide bonds. The van der Waals surface area contributed by atoms with Gasteiger partial charge in [-0.25, -0.2) is 0 Å². The van der Waals surface area contributed by atoms with Gasteiger partial charge in [-0.05, 0) is 25.0 Å². The van der Waals surface area contributed by atoms with Gasteiger partial charge in [-0.1, -0.05) is 22.0 Å². The molecule has 16 heavy (non-hydrogen) atoms. The zero-order chi connectivity index (χ0) is 11.4. The Labute approximate surface area is 104 Å². The monoisotopic (exact) mass is 285 g/mol. The van der Waals surface area contributed by atoms with Crippen LogP contribution in [0.3, 0.4) is 0 Å². The van der Waals surface area contributed by atoms with E-state index >= 15 is 0 Å². The molecule has 0 saturated carbocycles. The lowest BCUT2D eigenvalue weighted by Crippen LogP contribution is -2.23. The maximum atomic E-state index is 5.90. The molecular weight excluding hydrogens is 270 g/mol. The van der Waals surface area contributed by atoms with Gasteiger partial charge >= 0.3 is 0 Å². The summed E-state index contributed by atoms with van der Waals surface area (Å²) in [7, 11) is 0. The summed E-state index contributed by atoms with van der Waals surface area (Å²) in [5.41, 5.74) is 7.73. The van der Waals surface area contributed by atoms with E-state index in [-0.39, 0.29) is 0 Å². The van der Waals surface area contributed by atoms with Crippen LogP contribution >= 0.6 is 15.9 Å². The van der Waals surface area contributed by atoms with E-state index in [0.29, 0.717) is 12.7 Å². The van der Waals surface area contributed by atoms with Crippen LogP contribution in [-0.2, 0) is 16.1 Å². The molecule has 0 spiro atoms. The van der Waals surface area contributed by atoms with E-state index in [9.17, 15) is 0 Å². The number of hydrogen-bond acceptors (Lipinski definition) is 3. The molecule has 0 bridgehead atoms. The molecule has 0 atom stereocenters. The fourth-order valence-electron chi connectivity index (χ4n) is 1.75. The van der Waals surface area contributed by atoms with Gasteiger partial charge in [-0.3, -0.25) is 0 Å². The molecule has 1 aliphatic rings. The van der Waals surface area contributed by atoms with E-state index in [2.05, 4.69) is 15.9 Å². The van der Waals surface area contributed by atoms with Crippen molar-refractivity contribution in [2.75, 3.05) is 18.9 Å². The molecule has 3 nitrogen and oxygen atoms in total. The lowest BCUT2D eigenvalue weighted by molar-refractivity contribution is -0.0389. The first-order valence-corrected chi connectivity index (χ1v) is 6.28. The number of nitrogens with two attached hydrogens (primary N) is 1. The van der Waals surface area contributed by atoms with Crippen LogP contribution in [0.1, 0.15) is 18.4 Å². The highest BCUT2D eigenvalue weighted by Crippen LogP contribution is 2.21. The second kappa shape index (κ2) is 5.66.